The highest BCUT2D eigenvalue weighted by atomic mass is 35.5. The van der Waals surface area contributed by atoms with Gasteiger partial charge in [0.2, 0.25) is 0 Å². The van der Waals surface area contributed by atoms with Crippen LogP contribution in [0.25, 0.3) is 0 Å². The van der Waals surface area contributed by atoms with Crippen LogP contribution in [0.5, 0.6) is 0 Å². The molecule has 1 N–H and O–H groups in total. The summed E-state index contributed by atoms with van der Waals surface area (Å²) in [6.45, 7) is 0. The van der Waals surface area contributed by atoms with Crippen molar-refractivity contribution in [1.82, 2.24) is 4.31 Å². The van der Waals surface area contributed by atoms with Crippen molar-refractivity contribution in [3.8, 4) is 0 Å². The van der Waals surface area contributed by atoms with Gasteiger partial charge in [0, 0.05) is 7.05 Å². The predicted octanol–water partition coefficient (Wildman–Crippen LogP) is 2.28. The second-order valence-electron chi connectivity index (χ2n) is 1.43. The Balaban J connectivity index is 4.17. The molecule has 0 bridgehead atoms. The molecular formula is C3H6ClF2NO2S. The van der Waals surface area contributed by atoms with Gasteiger partial charge in [0.05, 0.1) is 0 Å². The summed E-state index contributed by atoms with van der Waals surface area (Å²) in [7, 11) is -3.51. The molecule has 0 aliphatic carbocycles. The first-order valence-electron chi connectivity index (χ1n) is 2.15. The van der Waals surface area contributed by atoms with E-state index in [9.17, 15) is 12.6 Å². The summed E-state index contributed by atoms with van der Waals surface area (Å²) >= 11 is 4.81. The Morgan fingerprint density at radius 3 is 2.30 bits per heavy atom. The number of amides is 1. The fourth-order valence-electron chi connectivity index (χ4n) is 0.187. The average Bonchev–Trinajstić information content (AvgIpc) is 1.86. The Morgan fingerprint density at radius 1 is 1.80 bits per heavy atom. The van der Waals surface area contributed by atoms with Crippen LogP contribution in [0, 0.1) is 0 Å². The molecule has 0 aromatic heterocycles. The van der Waals surface area contributed by atoms with Gasteiger partial charge in [0.15, 0.2) is 11.0 Å². The van der Waals surface area contributed by atoms with Crippen molar-refractivity contribution < 1.29 is 17.7 Å². The van der Waals surface area contributed by atoms with E-state index in [1.807, 2.05) is 0 Å². The molecule has 0 aliphatic rings. The molecule has 0 aromatic rings. The normalized spacial score (nSPS) is 12.8. The molecule has 0 rings (SSSR count). The Hall–Kier alpha value is -0.230. The van der Waals surface area contributed by atoms with Gasteiger partial charge >= 0.3 is 6.09 Å². The quantitative estimate of drug-likeness (QED) is 0.684. The molecule has 0 saturated carbocycles. The van der Waals surface area contributed by atoms with E-state index in [1.165, 1.54) is 0 Å². The number of hydrogen-bond acceptors (Lipinski definition) is 1. The Labute approximate surface area is 63.6 Å². The van der Waals surface area contributed by atoms with E-state index in [2.05, 4.69) is 0 Å². The average molecular weight is 194 g/mol. The van der Waals surface area contributed by atoms with E-state index in [4.69, 9.17) is 16.7 Å². The number of carbonyl (C=O) groups is 1. The summed E-state index contributed by atoms with van der Waals surface area (Å²) in [5.74, 6) is 0. The van der Waals surface area contributed by atoms with Crippen LogP contribution < -0.4 is 0 Å². The van der Waals surface area contributed by atoms with Crippen LogP contribution in [0.2, 0.25) is 0 Å². The molecule has 62 valence electrons. The van der Waals surface area contributed by atoms with Crippen molar-refractivity contribution >= 4 is 28.7 Å². The van der Waals surface area contributed by atoms with Gasteiger partial charge in [-0.3, -0.25) is 0 Å². The second kappa shape index (κ2) is 3.25. The second-order valence-corrected chi connectivity index (χ2v) is 3.94. The fraction of sp³-hybridized carbons (Fsp3) is 0.667. The summed E-state index contributed by atoms with van der Waals surface area (Å²) in [5.41, 5.74) is 0. The van der Waals surface area contributed by atoms with Crippen molar-refractivity contribution in [3.63, 3.8) is 0 Å². The summed E-state index contributed by atoms with van der Waals surface area (Å²) in [4.78, 5) is 9.91. The minimum absolute atomic E-state index is 0.0556. The first kappa shape index (κ1) is 9.77. The van der Waals surface area contributed by atoms with Crippen LogP contribution in [-0.2, 0) is 0 Å². The Bertz CT molecular complexity index is 144. The van der Waals surface area contributed by atoms with Gasteiger partial charge in [-0.1, -0.05) is 0 Å². The van der Waals surface area contributed by atoms with Crippen LogP contribution in [0.15, 0.2) is 0 Å². The number of alkyl halides is 1. The molecule has 0 radical (unpaired) electrons. The maximum absolute atomic E-state index is 12.3. The smallest absolute Gasteiger partial charge is 0.419 e. The lowest BCUT2D eigenvalue weighted by molar-refractivity contribution is 0.178. The standard InChI is InChI=1S/C3H6ClF2NO2S/c1-7(3(8)9)10(5,6)2-4/h2H2,1H3,(H,8,9). The topological polar surface area (TPSA) is 40.5 Å². The van der Waals surface area contributed by atoms with Crippen molar-refractivity contribution in [3.05, 3.63) is 0 Å². The van der Waals surface area contributed by atoms with Crippen LogP contribution in [0.4, 0.5) is 12.6 Å². The molecule has 0 spiro atoms. The predicted molar refractivity (Wildman–Crippen MR) is 36.3 cm³/mol. The molecule has 0 saturated heterocycles. The van der Waals surface area contributed by atoms with Gasteiger partial charge in [0.25, 0.3) is 0 Å². The minimum atomic E-state index is -4.30. The van der Waals surface area contributed by atoms with Crippen molar-refractivity contribution in [2.45, 2.75) is 0 Å². The van der Waals surface area contributed by atoms with Crippen LogP contribution in [-0.4, -0.2) is 27.8 Å². The van der Waals surface area contributed by atoms with Gasteiger partial charge in [0.1, 0.15) is 5.21 Å². The SMILES string of the molecule is CN(C(=O)O)S(F)(F)CCl. The molecule has 3 nitrogen and oxygen atoms in total. The third-order valence-corrected chi connectivity index (χ3v) is 2.81. The third-order valence-electron chi connectivity index (χ3n) is 0.801. The molecule has 0 fully saturated rings. The molecule has 10 heavy (non-hydrogen) atoms. The first-order chi connectivity index (χ1) is 4.41. The minimum Gasteiger partial charge on any atom is -0.464 e. The Morgan fingerprint density at radius 2 is 2.20 bits per heavy atom. The lowest BCUT2D eigenvalue weighted by Gasteiger charge is -2.25. The highest BCUT2D eigenvalue weighted by Gasteiger charge is 2.31. The molecule has 0 heterocycles. The zero-order valence-corrected chi connectivity index (χ0v) is 6.62. The van der Waals surface area contributed by atoms with Gasteiger partial charge in [-0.2, -0.15) is 0 Å². The first-order valence-corrected chi connectivity index (χ1v) is 4.24. The molecule has 0 aromatic carbocycles. The van der Waals surface area contributed by atoms with E-state index in [-0.39, 0.29) is 4.31 Å². The Kier molecular flexibility index (Phi) is 3.17. The highest BCUT2D eigenvalue weighted by molar-refractivity contribution is 8.24. The van der Waals surface area contributed by atoms with Gasteiger partial charge in [-0.25, -0.2) is 9.10 Å². The zero-order chi connectivity index (χ0) is 8.36. The van der Waals surface area contributed by atoms with Crippen LogP contribution >= 0.6 is 22.6 Å². The number of nitrogens with zero attached hydrogens (tertiary/aromatic N) is 1. The third kappa shape index (κ3) is 2.18. The van der Waals surface area contributed by atoms with Crippen molar-refractivity contribution in [2.75, 3.05) is 12.3 Å². The summed E-state index contributed by atoms with van der Waals surface area (Å²) in [6.07, 6.45) is -1.67. The van der Waals surface area contributed by atoms with Gasteiger partial charge in [-0.05, 0) is 0 Å². The summed E-state index contributed by atoms with van der Waals surface area (Å²) < 4.78 is 24.5. The maximum Gasteiger partial charge on any atom is 0.419 e. The van der Waals surface area contributed by atoms with Gasteiger partial charge in [-0.15, -0.1) is 19.4 Å². The molecule has 0 unspecified atom stereocenters. The number of halogens is 3. The summed E-state index contributed by atoms with van der Waals surface area (Å²) in [6, 6.07) is 0. The van der Waals surface area contributed by atoms with E-state index < -0.39 is 22.3 Å². The number of rotatable bonds is 2. The summed E-state index contributed by atoms with van der Waals surface area (Å²) in [5, 5.41) is 7.11. The lowest BCUT2D eigenvalue weighted by atomic mass is 11.1. The van der Waals surface area contributed by atoms with Gasteiger partial charge < -0.3 is 5.11 Å². The van der Waals surface area contributed by atoms with E-state index in [1.54, 1.807) is 0 Å². The van der Waals surface area contributed by atoms with Crippen LogP contribution in [0.1, 0.15) is 0 Å². The highest BCUT2D eigenvalue weighted by Crippen LogP contribution is 2.54. The van der Waals surface area contributed by atoms with E-state index >= 15 is 0 Å². The fourth-order valence-corrected chi connectivity index (χ4v) is 1.00. The van der Waals surface area contributed by atoms with E-state index in [0.717, 1.165) is 7.05 Å². The number of hydrogen-bond donors (Lipinski definition) is 1. The molecule has 7 heteroatoms. The molecule has 0 atom stereocenters. The largest absolute Gasteiger partial charge is 0.464 e. The zero-order valence-electron chi connectivity index (χ0n) is 5.05. The monoisotopic (exact) mass is 193 g/mol. The molecule has 0 aliphatic heterocycles. The molecule has 1 amide bonds. The van der Waals surface area contributed by atoms with Crippen LogP contribution in [0.3, 0.4) is 0 Å². The maximum atomic E-state index is 12.3. The van der Waals surface area contributed by atoms with Crippen molar-refractivity contribution in [2.24, 2.45) is 0 Å². The van der Waals surface area contributed by atoms with Crippen molar-refractivity contribution in [1.29, 1.82) is 0 Å². The van der Waals surface area contributed by atoms with E-state index in [0.29, 0.717) is 0 Å². The molecular weight excluding hydrogens is 188 g/mol. The number of carboxylic acid groups (broad SMARTS) is 1. The lowest BCUT2D eigenvalue weighted by Crippen LogP contribution is -2.24.